The fraction of sp³-hybridized carbons (Fsp3) is 0.150. The van der Waals surface area contributed by atoms with Crippen molar-refractivity contribution in [3.63, 3.8) is 0 Å². The van der Waals surface area contributed by atoms with Gasteiger partial charge in [0.25, 0.3) is 5.91 Å². The highest BCUT2D eigenvalue weighted by Gasteiger charge is 2.12. The van der Waals surface area contributed by atoms with Crippen molar-refractivity contribution in [2.24, 2.45) is 0 Å². The molecule has 1 aromatic carbocycles. The molecule has 1 amide bonds. The Morgan fingerprint density at radius 3 is 2.55 bits per heavy atom. The highest BCUT2D eigenvalue weighted by Crippen LogP contribution is 2.23. The summed E-state index contributed by atoms with van der Waals surface area (Å²) in [6.45, 7) is 5.97. The van der Waals surface area contributed by atoms with E-state index in [4.69, 9.17) is 9.26 Å². The Labute approximate surface area is 166 Å². The molecule has 0 radical (unpaired) electrons. The number of hydrogen-bond acceptors (Lipinski definition) is 7. The van der Waals surface area contributed by atoms with E-state index in [9.17, 15) is 4.79 Å². The van der Waals surface area contributed by atoms with Crippen molar-refractivity contribution in [3.8, 4) is 17.4 Å². The molecule has 29 heavy (non-hydrogen) atoms. The summed E-state index contributed by atoms with van der Waals surface area (Å²) >= 11 is 0. The Kier molecular flexibility index (Phi) is 4.78. The standard InChI is InChI=1S/C20H18N6O3/c1-12-13(2)25-26(14(12)3)18-10-19(22-11-21-18)28-16-6-4-15(5-7-16)24-20(27)17-8-9-23-29-17/h4-11H,1-3H3,(H,24,27). The van der Waals surface area contributed by atoms with Gasteiger partial charge in [-0.2, -0.15) is 5.10 Å². The first-order valence-electron chi connectivity index (χ1n) is 8.86. The van der Waals surface area contributed by atoms with Crippen LogP contribution in [0, 0.1) is 20.8 Å². The highest BCUT2D eigenvalue weighted by molar-refractivity contribution is 6.02. The summed E-state index contributed by atoms with van der Waals surface area (Å²) < 4.78 is 12.4. The number of carbonyl (C=O) groups is 1. The summed E-state index contributed by atoms with van der Waals surface area (Å²) in [5.74, 6) is 1.34. The number of aryl methyl sites for hydroxylation is 1. The van der Waals surface area contributed by atoms with E-state index < -0.39 is 0 Å². The SMILES string of the molecule is Cc1nn(-c2cc(Oc3ccc(NC(=O)c4ccno4)cc3)ncn2)c(C)c1C. The first-order valence-corrected chi connectivity index (χ1v) is 8.86. The number of benzene rings is 1. The summed E-state index contributed by atoms with van der Waals surface area (Å²) in [5.41, 5.74) is 3.68. The van der Waals surface area contributed by atoms with Crippen LogP contribution in [0.15, 0.2) is 53.4 Å². The van der Waals surface area contributed by atoms with Crippen LogP contribution < -0.4 is 10.1 Å². The van der Waals surface area contributed by atoms with Crippen molar-refractivity contribution < 1.29 is 14.1 Å². The third kappa shape index (κ3) is 3.84. The molecule has 0 unspecified atom stereocenters. The van der Waals surface area contributed by atoms with Crippen molar-refractivity contribution in [2.75, 3.05) is 5.32 Å². The lowest BCUT2D eigenvalue weighted by molar-refractivity contribution is 0.0988. The molecule has 0 bridgehead atoms. The predicted molar refractivity (Wildman–Crippen MR) is 104 cm³/mol. The van der Waals surface area contributed by atoms with E-state index in [0.29, 0.717) is 23.1 Å². The topological polar surface area (TPSA) is 108 Å². The zero-order valence-corrected chi connectivity index (χ0v) is 16.1. The van der Waals surface area contributed by atoms with Gasteiger partial charge in [0.05, 0.1) is 11.9 Å². The molecule has 0 saturated carbocycles. The molecule has 1 N–H and O–H groups in total. The Morgan fingerprint density at radius 1 is 1.10 bits per heavy atom. The van der Waals surface area contributed by atoms with Gasteiger partial charge in [-0.25, -0.2) is 14.6 Å². The second-order valence-electron chi connectivity index (χ2n) is 6.38. The molecule has 4 rings (SSSR count). The lowest BCUT2D eigenvalue weighted by Gasteiger charge is -2.08. The predicted octanol–water partition coefficient (Wildman–Crippen LogP) is 3.62. The van der Waals surface area contributed by atoms with Crippen molar-refractivity contribution in [1.29, 1.82) is 0 Å². The smallest absolute Gasteiger partial charge is 0.294 e. The number of anilines is 1. The summed E-state index contributed by atoms with van der Waals surface area (Å²) in [5, 5.41) is 10.7. The van der Waals surface area contributed by atoms with Crippen LogP contribution in [0.1, 0.15) is 27.5 Å². The van der Waals surface area contributed by atoms with Crippen molar-refractivity contribution in [3.05, 3.63) is 71.6 Å². The van der Waals surface area contributed by atoms with Gasteiger partial charge in [0.15, 0.2) is 5.82 Å². The molecule has 0 aliphatic carbocycles. The third-order valence-corrected chi connectivity index (χ3v) is 4.49. The number of nitrogens with one attached hydrogen (secondary N) is 1. The van der Waals surface area contributed by atoms with E-state index in [1.54, 1.807) is 35.0 Å². The Morgan fingerprint density at radius 2 is 1.90 bits per heavy atom. The van der Waals surface area contributed by atoms with E-state index in [-0.39, 0.29) is 11.7 Å². The van der Waals surface area contributed by atoms with Gasteiger partial charge in [0.2, 0.25) is 11.6 Å². The molecule has 9 heteroatoms. The Bertz CT molecular complexity index is 1150. The number of nitrogens with zero attached hydrogens (tertiary/aromatic N) is 5. The van der Waals surface area contributed by atoms with Crippen LogP contribution in [0.25, 0.3) is 5.82 Å². The molecular weight excluding hydrogens is 372 g/mol. The van der Waals surface area contributed by atoms with Crippen molar-refractivity contribution >= 4 is 11.6 Å². The van der Waals surface area contributed by atoms with Crippen LogP contribution in [-0.4, -0.2) is 30.8 Å². The zero-order chi connectivity index (χ0) is 20.4. The number of aromatic nitrogens is 5. The number of hydrogen-bond donors (Lipinski definition) is 1. The van der Waals surface area contributed by atoms with E-state index >= 15 is 0 Å². The molecule has 0 aliphatic heterocycles. The van der Waals surface area contributed by atoms with Crippen LogP contribution in [0.4, 0.5) is 5.69 Å². The van der Waals surface area contributed by atoms with Gasteiger partial charge in [-0.3, -0.25) is 4.79 Å². The van der Waals surface area contributed by atoms with Gasteiger partial charge in [0.1, 0.15) is 12.1 Å². The number of ether oxygens (including phenoxy) is 1. The fourth-order valence-electron chi connectivity index (χ4n) is 2.70. The maximum Gasteiger partial charge on any atom is 0.294 e. The summed E-state index contributed by atoms with van der Waals surface area (Å²) in [6, 6.07) is 10.1. The minimum absolute atomic E-state index is 0.137. The monoisotopic (exact) mass is 390 g/mol. The molecule has 4 aromatic rings. The zero-order valence-electron chi connectivity index (χ0n) is 16.1. The van der Waals surface area contributed by atoms with Crippen molar-refractivity contribution in [1.82, 2.24) is 24.9 Å². The molecule has 0 fully saturated rings. The molecular formula is C20H18N6O3. The number of rotatable bonds is 5. The molecule has 146 valence electrons. The highest BCUT2D eigenvalue weighted by atomic mass is 16.5. The van der Waals surface area contributed by atoms with Crippen molar-refractivity contribution in [2.45, 2.75) is 20.8 Å². The second-order valence-corrected chi connectivity index (χ2v) is 6.38. The molecule has 3 aromatic heterocycles. The molecule has 3 heterocycles. The number of amides is 1. The lowest BCUT2D eigenvalue weighted by Crippen LogP contribution is -2.10. The van der Waals surface area contributed by atoms with Gasteiger partial charge < -0.3 is 14.6 Å². The summed E-state index contributed by atoms with van der Waals surface area (Å²) in [6.07, 6.45) is 2.84. The maximum atomic E-state index is 12.0. The molecule has 0 saturated heterocycles. The van der Waals surface area contributed by atoms with Crippen LogP contribution in [-0.2, 0) is 0 Å². The quantitative estimate of drug-likeness (QED) is 0.554. The van der Waals surface area contributed by atoms with Crippen LogP contribution in [0.3, 0.4) is 0 Å². The molecule has 0 atom stereocenters. The lowest BCUT2D eigenvalue weighted by atomic mass is 10.2. The Hall–Kier alpha value is -4.01. The normalized spacial score (nSPS) is 10.7. The van der Waals surface area contributed by atoms with Crippen LogP contribution in [0.5, 0.6) is 11.6 Å². The van der Waals surface area contributed by atoms with Gasteiger partial charge in [-0.05, 0) is 50.6 Å². The van der Waals surface area contributed by atoms with Crippen LogP contribution >= 0.6 is 0 Å². The van der Waals surface area contributed by atoms with Gasteiger partial charge >= 0.3 is 0 Å². The Balaban J connectivity index is 1.48. The first kappa shape index (κ1) is 18.4. The molecule has 0 aliphatic rings. The van der Waals surface area contributed by atoms with Gasteiger partial charge in [0, 0.05) is 23.5 Å². The first-order chi connectivity index (χ1) is 14.0. The minimum Gasteiger partial charge on any atom is -0.439 e. The van der Waals surface area contributed by atoms with Gasteiger partial charge in [-0.1, -0.05) is 5.16 Å². The van der Waals surface area contributed by atoms with E-state index in [0.717, 1.165) is 17.0 Å². The second kappa shape index (κ2) is 7.55. The van der Waals surface area contributed by atoms with E-state index in [1.165, 1.54) is 18.6 Å². The summed E-state index contributed by atoms with van der Waals surface area (Å²) in [7, 11) is 0. The largest absolute Gasteiger partial charge is 0.439 e. The third-order valence-electron chi connectivity index (χ3n) is 4.49. The van der Waals surface area contributed by atoms with Gasteiger partial charge in [-0.15, -0.1) is 0 Å². The fourth-order valence-corrected chi connectivity index (χ4v) is 2.70. The minimum atomic E-state index is -0.378. The molecule has 9 nitrogen and oxygen atoms in total. The number of carbonyl (C=O) groups excluding carboxylic acids is 1. The molecule has 0 spiro atoms. The maximum absolute atomic E-state index is 12.0. The average Bonchev–Trinajstić information content (AvgIpc) is 3.35. The van der Waals surface area contributed by atoms with Crippen LogP contribution in [0.2, 0.25) is 0 Å². The average molecular weight is 390 g/mol. The van der Waals surface area contributed by atoms with E-state index in [2.05, 4.69) is 25.5 Å². The van der Waals surface area contributed by atoms with E-state index in [1.807, 2.05) is 20.8 Å². The summed E-state index contributed by atoms with van der Waals surface area (Å²) in [4.78, 5) is 20.4.